The molecule has 6 nitrogen and oxygen atoms in total. The first-order chi connectivity index (χ1) is 11.4. The number of hydrogen-bond acceptors (Lipinski definition) is 4. The Balaban J connectivity index is 1.96. The second-order valence-corrected chi connectivity index (χ2v) is 7.09. The van der Waals surface area contributed by atoms with Gasteiger partial charge >= 0.3 is 6.03 Å². The third kappa shape index (κ3) is 5.27. The van der Waals surface area contributed by atoms with Crippen LogP contribution in [0, 0.1) is 0 Å². The molecule has 2 aromatic rings. The highest BCUT2D eigenvalue weighted by molar-refractivity contribution is 7.90. The van der Waals surface area contributed by atoms with E-state index in [1.54, 1.807) is 12.1 Å². The van der Waals surface area contributed by atoms with Crippen LogP contribution < -0.4 is 14.8 Å². The number of carbonyl (C=O) groups excluding carboxylic acids is 1. The van der Waals surface area contributed by atoms with E-state index in [0.29, 0.717) is 5.75 Å². The van der Waals surface area contributed by atoms with Gasteiger partial charge in [-0.1, -0.05) is 30.3 Å². The molecule has 2 amide bonds. The minimum Gasteiger partial charge on any atom is -0.491 e. The summed E-state index contributed by atoms with van der Waals surface area (Å²) in [5.41, 5.74) is 0.875. The first-order valence-corrected chi connectivity index (χ1v) is 8.96. The van der Waals surface area contributed by atoms with E-state index >= 15 is 0 Å². The summed E-state index contributed by atoms with van der Waals surface area (Å²) in [7, 11) is -3.93. The van der Waals surface area contributed by atoms with E-state index in [4.69, 9.17) is 4.74 Å². The second kappa shape index (κ2) is 7.83. The molecule has 0 aliphatic rings. The van der Waals surface area contributed by atoms with Gasteiger partial charge in [0.15, 0.2) is 0 Å². The molecule has 0 atom stereocenters. The first-order valence-electron chi connectivity index (χ1n) is 7.48. The molecule has 0 saturated carbocycles. The van der Waals surface area contributed by atoms with E-state index in [0.717, 1.165) is 5.56 Å². The molecular formula is C17H20N2O4S. The number of rotatable bonds is 6. The van der Waals surface area contributed by atoms with Gasteiger partial charge in [-0.2, -0.15) is 0 Å². The van der Waals surface area contributed by atoms with Crippen molar-refractivity contribution in [2.75, 3.05) is 0 Å². The average Bonchev–Trinajstić information content (AvgIpc) is 2.53. The second-order valence-electron chi connectivity index (χ2n) is 5.41. The van der Waals surface area contributed by atoms with Crippen molar-refractivity contribution in [3.05, 3.63) is 60.2 Å². The molecule has 0 heterocycles. The zero-order valence-electron chi connectivity index (χ0n) is 13.5. The highest BCUT2D eigenvalue weighted by atomic mass is 32.2. The Hall–Kier alpha value is -2.54. The molecule has 0 bridgehead atoms. The van der Waals surface area contributed by atoms with Gasteiger partial charge in [-0.3, -0.25) is 0 Å². The van der Waals surface area contributed by atoms with E-state index in [-0.39, 0.29) is 17.5 Å². The van der Waals surface area contributed by atoms with Crippen molar-refractivity contribution in [1.29, 1.82) is 0 Å². The van der Waals surface area contributed by atoms with E-state index < -0.39 is 16.1 Å². The zero-order chi connectivity index (χ0) is 17.6. The summed E-state index contributed by atoms with van der Waals surface area (Å²) in [6.45, 7) is 4.00. The lowest BCUT2D eigenvalue weighted by Crippen LogP contribution is -2.39. The molecule has 0 saturated heterocycles. The zero-order valence-corrected chi connectivity index (χ0v) is 14.3. The lowest BCUT2D eigenvalue weighted by atomic mass is 10.2. The summed E-state index contributed by atoms with van der Waals surface area (Å²) < 4.78 is 31.8. The van der Waals surface area contributed by atoms with E-state index in [1.165, 1.54) is 12.1 Å². The number of urea groups is 1. The van der Waals surface area contributed by atoms with Crippen LogP contribution in [0.25, 0.3) is 0 Å². The van der Waals surface area contributed by atoms with Crippen molar-refractivity contribution in [1.82, 2.24) is 10.0 Å². The van der Waals surface area contributed by atoms with Gasteiger partial charge in [0.05, 0.1) is 11.0 Å². The van der Waals surface area contributed by atoms with E-state index in [1.807, 2.05) is 48.9 Å². The fraction of sp³-hybridized carbons (Fsp3) is 0.235. The third-order valence-electron chi connectivity index (χ3n) is 3.03. The Bertz CT molecular complexity index is 772. The van der Waals surface area contributed by atoms with Crippen molar-refractivity contribution >= 4 is 16.1 Å². The van der Waals surface area contributed by atoms with Crippen LogP contribution in [0.15, 0.2) is 59.5 Å². The predicted molar refractivity (Wildman–Crippen MR) is 91.2 cm³/mol. The van der Waals surface area contributed by atoms with Crippen LogP contribution in [-0.4, -0.2) is 20.6 Å². The summed E-state index contributed by atoms with van der Waals surface area (Å²) in [4.78, 5) is 11.8. The fourth-order valence-electron chi connectivity index (χ4n) is 1.96. The molecule has 0 unspecified atom stereocenters. The van der Waals surface area contributed by atoms with Gasteiger partial charge in [-0.05, 0) is 43.7 Å². The van der Waals surface area contributed by atoms with Crippen molar-refractivity contribution < 1.29 is 17.9 Å². The van der Waals surface area contributed by atoms with E-state index in [9.17, 15) is 13.2 Å². The van der Waals surface area contributed by atoms with Crippen molar-refractivity contribution in [2.45, 2.75) is 31.4 Å². The number of amides is 2. The molecular weight excluding hydrogens is 328 g/mol. The molecule has 0 aromatic heterocycles. The number of hydrogen-bond donors (Lipinski definition) is 2. The van der Waals surface area contributed by atoms with Gasteiger partial charge in [0.1, 0.15) is 5.75 Å². The summed E-state index contributed by atoms with van der Waals surface area (Å²) in [5, 5.41) is 2.51. The van der Waals surface area contributed by atoms with Gasteiger partial charge in [0, 0.05) is 6.54 Å². The van der Waals surface area contributed by atoms with Crippen LogP contribution in [0.5, 0.6) is 5.75 Å². The maximum atomic E-state index is 12.2. The monoisotopic (exact) mass is 348 g/mol. The van der Waals surface area contributed by atoms with Crippen LogP contribution in [0.4, 0.5) is 4.79 Å². The van der Waals surface area contributed by atoms with Crippen LogP contribution in [-0.2, 0) is 16.6 Å². The lowest BCUT2D eigenvalue weighted by Gasteiger charge is -2.11. The third-order valence-corrected chi connectivity index (χ3v) is 4.38. The number of sulfonamides is 1. The maximum absolute atomic E-state index is 12.2. The topological polar surface area (TPSA) is 84.5 Å². The van der Waals surface area contributed by atoms with Gasteiger partial charge in [-0.25, -0.2) is 17.9 Å². The molecule has 2 aromatic carbocycles. The maximum Gasteiger partial charge on any atom is 0.328 e. The number of nitrogens with one attached hydrogen (secondary N) is 2. The Labute approximate surface area is 141 Å². The molecule has 0 radical (unpaired) electrons. The van der Waals surface area contributed by atoms with Gasteiger partial charge < -0.3 is 10.1 Å². The Kier molecular flexibility index (Phi) is 5.81. The smallest absolute Gasteiger partial charge is 0.328 e. The van der Waals surface area contributed by atoms with Gasteiger partial charge in [0.2, 0.25) is 0 Å². The summed E-state index contributed by atoms with van der Waals surface area (Å²) >= 11 is 0. The normalized spacial score (nSPS) is 11.1. The number of benzene rings is 2. The number of ether oxygens (including phenoxy) is 1. The largest absolute Gasteiger partial charge is 0.491 e. The minimum atomic E-state index is -3.93. The Morgan fingerprint density at radius 1 is 1.04 bits per heavy atom. The van der Waals surface area contributed by atoms with Crippen molar-refractivity contribution in [2.24, 2.45) is 0 Å². The highest BCUT2D eigenvalue weighted by Crippen LogP contribution is 2.17. The summed E-state index contributed by atoms with van der Waals surface area (Å²) in [6, 6.07) is 14.3. The summed E-state index contributed by atoms with van der Waals surface area (Å²) in [6.07, 6.45) is -0.00523. The lowest BCUT2D eigenvalue weighted by molar-refractivity contribution is 0.242. The number of carbonyl (C=O) groups is 1. The molecule has 24 heavy (non-hydrogen) atoms. The minimum absolute atomic E-state index is 0.00523. The van der Waals surface area contributed by atoms with Gasteiger partial charge in [0.25, 0.3) is 10.0 Å². The quantitative estimate of drug-likeness (QED) is 0.840. The van der Waals surface area contributed by atoms with Crippen molar-refractivity contribution in [3.63, 3.8) is 0 Å². The van der Waals surface area contributed by atoms with Crippen LogP contribution in [0.2, 0.25) is 0 Å². The molecule has 7 heteroatoms. The highest BCUT2D eigenvalue weighted by Gasteiger charge is 2.17. The predicted octanol–water partition coefficient (Wildman–Crippen LogP) is 2.66. The van der Waals surface area contributed by atoms with Gasteiger partial charge in [-0.15, -0.1) is 0 Å². The molecule has 128 valence electrons. The van der Waals surface area contributed by atoms with E-state index in [2.05, 4.69) is 5.32 Å². The fourth-order valence-corrected chi connectivity index (χ4v) is 2.89. The molecule has 2 rings (SSSR count). The summed E-state index contributed by atoms with van der Waals surface area (Å²) in [5.74, 6) is 0.567. The molecule has 2 N–H and O–H groups in total. The van der Waals surface area contributed by atoms with Crippen LogP contribution >= 0.6 is 0 Å². The Morgan fingerprint density at radius 2 is 1.67 bits per heavy atom. The molecule has 0 aliphatic heterocycles. The van der Waals surface area contributed by atoms with Crippen molar-refractivity contribution in [3.8, 4) is 5.75 Å². The first kappa shape index (κ1) is 17.8. The Morgan fingerprint density at radius 3 is 2.25 bits per heavy atom. The SMILES string of the molecule is CC(C)Oc1ccc(S(=O)(=O)NC(=O)NCc2ccccc2)cc1. The van der Waals surface area contributed by atoms with Crippen LogP contribution in [0.3, 0.4) is 0 Å². The average molecular weight is 348 g/mol. The molecule has 0 aliphatic carbocycles. The molecule has 0 fully saturated rings. The van der Waals surface area contributed by atoms with Crippen LogP contribution in [0.1, 0.15) is 19.4 Å². The molecule has 0 spiro atoms. The standard InChI is InChI=1S/C17H20N2O4S/c1-13(2)23-15-8-10-16(11-9-15)24(21,22)19-17(20)18-12-14-6-4-3-5-7-14/h3-11,13H,12H2,1-2H3,(H2,18,19,20).